The molecule has 84 valence electrons. The highest BCUT2D eigenvalue weighted by Crippen LogP contribution is 2.13. The number of hydrogen-bond donors (Lipinski definition) is 1. The summed E-state index contributed by atoms with van der Waals surface area (Å²) in [5.74, 6) is 1.32. The van der Waals surface area contributed by atoms with Crippen molar-refractivity contribution in [2.45, 2.75) is 13.2 Å². The molecule has 1 aromatic carbocycles. The third kappa shape index (κ3) is 2.54. The molecular weight excluding hydrogens is 206 g/mol. The molecule has 0 spiro atoms. The summed E-state index contributed by atoms with van der Waals surface area (Å²) in [6.07, 6.45) is 0. The van der Waals surface area contributed by atoms with Crippen LogP contribution in [0.25, 0.3) is 0 Å². The van der Waals surface area contributed by atoms with Crippen LogP contribution >= 0.6 is 0 Å². The SMILES string of the molecule is Cn1nnc(COc2cccc(CN)c2)n1. The van der Waals surface area contributed by atoms with Crippen LogP contribution in [-0.4, -0.2) is 20.2 Å². The number of ether oxygens (including phenoxy) is 1. The van der Waals surface area contributed by atoms with Gasteiger partial charge in [-0.1, -0.05) is 12.1 Å². The minimum absolute atomic E-state index is 0.307. The van der Waals surface area contributed by atoms with E-state index in [0.717, 1.165) is 11.3 Å². The first-order valence-electron chi connectivity index (χ1n) is 4.92. The summed E-state index contributed by atoms with van der Waals surface area (Å²) >= 11 is 0. The van der Waals surface area contributed by atoms with E-state index in [4.69, 9.17) is 10.5 Å². The van der Waals surface area contributed by atoms with Crippen molar-refractivity contribution >= 4 is 0 Å². The standard InChI is InChI=1S/C10H13N5O/c1-15-13-10(12-14-15)7-16-9-4-2-3-8(5-9)6-11/h2-5H,6-7,11H2,1H3. The molecule has 2 aromatic rings. The van der Waals surface area contributed by atoms with Gasteiger partial charge in [0.2, 0.25) is 5.82 Å². The van der Waals surface area contributed by atoms with Crippen molar-refractivity contribution in [3.63, 3.8) is 0 Å². The fourth-order valence-electron chi connectivity index (χ4n) is 1.29. The maximum Gasteiger partial charge on any atom is 0.212 e. The lowest BCUT2D eigenvalue weighted by atomic mass is 10.2. The van der Waals surface area contributed by atoms with Crippen molar-refractivity contribution < 1.29 is 4.74 Å². The second kappa shape index (κ2) is 4.71. The molecule has 0 radical (unpaired) electrons. The van der Waals surface area contributed by atoms with Crippen molar-refractivity contribution in [1.82, 2.24) is 20.2 Å². The average molecular weight is 219 g/mol. The maximum absolute atomic E-state index is 5.54. The molecule has 2 rings (SSSR count). The minimum Gasteiger partial charge on any atom is -0.485 e. The van der Waals surface area contributed by atoms with Crippen LogP contribution in [0.1, 0.15) is 11.4 Å². The van der Waals surface area contributed by atoms with E-state index in [1.54, 1.807) is 7.05 Å². The Balaban J connectivity index is 1.99. The van der Waals surface area contributed by atoms with Crippen LogP contribution in [0.15, 0.2) is 24.3 Å². The molecule has 1 aromatic heterocycles. The normalized spacial score (nSPS) is 10.4. The zero-order valence-electron chi connectivity index (χ0n) is 9.00. The molecule has 16 heavy (non-hydrogen) atoms. The molecule has 0 unspecified atom stereocenters. The Morgan fingerprint density at radius 1 is 1.44 bits per heavy atom. The lowest BCUT2D eigenvalue weighted by molar-refractivity contribution is 0.295. The van der Waals surface area contributed by atoms with Gasteiger partial charge in [0.05, 0.1) is 7.05 Å². The summed E-state index contributed by atoms with van der Waals surface area (Å²) in [5, 5.41) is 11.6. The van der Waals surface area contributed by atoms with Gasteiger partial charge >= 0.3 is 0 Å². The van der Waals surface area contributed by atoms with E-state index in [-0.39, 0.29) is 0 Å². The molecule has 0 aliphatic rings. The molecule has 0 bridgehead atoms. The first kappa shape index (κ1) is 10.6. The highest BCUT2D eigenvalue weighted by Gasteiger charge is 2.01. The van der Waals surface area contributed by atoms with Crippen LogP contribution in [0.2, 0.25) is 0 Å². The first-order chi connectivity index (χ1) is 7.78. The van der Waals surface area contributed by atoms with Crippen molar-refractivity contribution in [3.8, 4) is 5.75 Å². The lowest BCUT2D eigenvalue weighted by Gasteiger charge is -2.04. The van der Waals surface area contributed by atoms with Gasteiger partial charge in [-0.2, -0.15) is 4.80 Å². The second-order valence-electron chi connectivity index (χ2n) is 3.34. The molecule has 0 saturated carbocycles. The number of rotatable bonds is 4. The smallest absolute Gasteiger partial charge is 0.212 e. The molecule has 0 aliphatic heterocycles. The summed E-state index contributed by atoms with van der Waals surface area (Å²) < 4.78 is 5.51. The van der Waals surface area contributed by atoms with E-state index >= 15 is 0 Å². The van der Waals surface area contributed by atoms with Crippen molar-refractivity contribution in [1.29, 1.82) is 0 Å². The monoisotopic (exact) mass is 219 g/mol. The predicted octanol–water partition coefficient (Wildman–Crippen LogP) is 0.248. The average Bonchev–Trinajstić information content (AvgIpc) is 2.73. The van der Waals surface area contributed by atoms with Crippen LogP contribution in [0, 0.1) is 0 Å². The number of nitrogens with zero attached hydrogens (tertiary/aromatic N) is 4. The molecule has 2 N–H and O–H groups in total. The van der Waals surface area contributed by atoms with Gasteiger partial charge in [-0.15, -0.1) is 10.2 Å². The molecule has 0 saturated heterocycles. The van der Waals surface area contributed by atoms with Crippen LogP contribution in [0.3, 0.4) is 0 Å². The van der Waals surface area contributed by atoms with Gasteiger partial charge in [0.25, 0.3) is 0 Å². The fourth-order valence-corrected chi connectivity index (χ4v) is 1.29. The van der Waals surface area contributed by atoms with Crippen molar-refractivity contribution in [2.24, 2.45) is 12.8 Å². The molecular formula is C10H13N5O. The van der Waals surface area contributed by atoms with E-state index in [1.807, 2.05) is 24.3 Å². The van der Waals surface area contributed by atoms with Gasteiger partial charge in [-0.05, 0) is 22.9 Å². The Kier molecular flexibility index (Phi) is 3.11. The molecule has 6 nitrogen and oxygen atoms in total. The van der Waals surface area contributed by atoms with Gasteiger partial charge < -0.3 is 10.5 Å². The molecule has 0 atom stereocenters. The lowest BCUT2D eigenvalue weighted by Crippen LogP contribution is -2.00. The van der Waals surface area contributed by atoms with E-state index < -0.39 is 0 Å². The van der Waals surface area contributed by atoms with Gasteiger partial charge in [0, 0.05) is 6.54 Å². The van der Waals surface area contributed by atoms with E-state index in [0.29, 0.717) is 19.0 Å². The van der Waals surface area contributed by atoms with Gasteiger partial charge in [-0.25, -0.2) is 0 Å². The second-order valence-corrected chi connectivity index (χ2v) is 3.34. The molecule has 6 heteroatoms. The largest absolute Gasteiger partial charge is 0.485 e. The van der Waals surface area contributed by atoms with Gasteiger partial charge in [-0.3, -0.25) is 0 Å². The number of benzene rings is 1. The summed E-state index contributed by atoms with van der Waals surface area (Å²) in [5.41, 5.74) is 6.57. The van der Waals surface area contributed by atoms with Crippen molar-refractivity contribution in [2.75, 3.05) is 0 Å². The third-order valence-corrected chi connectivity index (χ3v) is 2.05. The molecule has 0 amide bonds. The highest BCUT2D eigenvalue weighted by atomic mass is 16.5. The van der Waals surface area contributed by atoms with Gasteiger partial charge in [0.15, 0.2) is 6.61 Å². The third-order valence-electron chi connectivity index (χ3n) is 2.05. The number of aryl methyl sites for hydroxylation is 1. The Morgan fingerprint density at radius 2 is 2.31 bits per heavy atom. The topological polar surface area (TPSA) is 78.8 Å². The molecule has 0 fully saturated rings. The molecule has 1 heterocycles. The van der Waals surface area contributed by atoms with Crippen LogP contribution in [-0.2, 0) is 20.2 Å². The number of aromatic nitrogens is 4. The first-order valence-corrected chi connectivity index (χ1v) is 4.92. The zero-order chi connectivity index (χ0) is 11.4. The summed E-state index contributed by atoms with van der Waals surface area (Å²) in [7, 11) is 1.71. The van der Waals surface area contributed by atoms with E-state index in [9.17, 15) is 0 Å². The Bertz CT molecular complexity index is 468. The summed E-state index contributed by atoms with van der Waals surface area (Å²) in [4.78, 5) is 1.40. The van der Waals surface area contributed by atoms with Crippen LogP contribution < -0.4 is 10.5 Å². The van der Waals surface area contributed by atoms with E-state index in [1.165, 1.54) is 4.80 Å². The number of nitrogens with two attached hydrogens (primary N) is 1. The number of tetrazole rings is 1. The van der Waals surface area contributed by atoms with Gasteiger partial charge in [0.1, 0.15) is 5.75 Å². The molecule has 0 aliphatic carbocycles. The Labute approximate surface area is 93.0 Å². The quantitative estimate of drug-likeness (QED) is 0.797. The number of hydrogen-bond acceptors (Lipinski definition) is 5. The minimum atomic E-state index is 0.307. The van der Waals surface area contributed by atoms with Crippen LogP contribution in [0.4, 0.5) is 0 Å². The highest BCUT2D eigenvalue weighted by molar-refractivity contribution is 5.28. The summed E-state index contributed by atoms with van der Waals surface area (Å²) in [6, 6.07) is 7.63. The predicted molar refractivity (Wildman–Crippen MR) is 57.5 cm³/mol. The summed E-state index contributed by atoms with van der Waals surface area (Å²) in [6.45, 7) is 0.808. The Morgan fingerprint density at radius 3 is 3.00 bits per heavy atom. The van der Waals surface area contributed by atoms with Crippen molar-refractivity contribution in [3.05, 3.63) is 35.7 Å². The maximum atomic E-state index is 5.54. The van der Waals surface area contributed by atoms with E-state index in [2.05, 4.69) is 15.4 Å². The zero-order valence-corrected chi connectivity index (χ0v) is 9.00. The Hall–Kier alpha value is -1.95. The van der Waals surface area contributed by atoms with Crippen LogP contribution in [0.5, 0.6) is 5.75 Å². The fraction of sp³-hybridized carbons (Fsp3) is 0.300.